The van der Waals surface area contributed by atoms with E-state index >= 15 is 0 Å². The first-order valence-corrected chi connectivity index (χ1v) is 9.00. The first kappa shape index (κ1) is 19.8. The Kier molecular flexibility index (Phi) is 7.96. The molecule has 0 aromatic heterocycles. The standard InChI is InChI=1S/C21H30N4O/c1-5-22-21(23-15-17-11-13-19(26-4)14-12-17)24-16-20(25(2)3)18-9-7-6-8-10-18/h6-14,20H,5,15-16H2,1-4H3,(H2,22,23,24). The van der Waals surface area contributed by atoms with E-state index in [2.05, 4.69) is 60.8 Å². The summed E-state index contributed by atoms with van der Waals surface area (Å²) in [5.41, 5.74) is 2.44. The predicted molar refractivity (Wildman–Crippen MR) is 109 cm³/mol. The summed E-state index contributed by atoms with van der Waals surface area (Å²) in [6, 6.07) is 18.8. The van der Waals surface area contributed by atoms with Gasteiger partial charge in [-0.3, -0.25) is 0 Å². The van der Waals surface area contributed by atoms with Crippen LogP contribution in [0.4, 0.5) is 0 Å². The zero-order valence-electron chi connectivity index (χ0n) is 16.2. The molecule has 2 rings (SSSR count). The Hall–Kier alpha value is -2.53. The summed E-state index contributed by atoms with van der Waals surface area (Å²) in [6.45, 7) is 4.31. The molecule has 1 atom stereocenters. The van der Waals surface area contributed by atoms with Crippen LogP contribution in [0.3, 0.4) is 0 Å². The molecule has 0 amide bonds. The van der Waals surface area contributed by atoms with Crippen molar-refractivity contribution in [2.45, 2.75) is 19.5 Å². The van der Waals surface area contributed by atoms with Crippen molar-refractivity contribution in [2.24, 2.45) is 4.99 Å². The normalized spacial score (nSPS) is 12.7. The second-order valence-corrected chi connectivity index (χ2v) is 6.31. The highest BCUT2D eigenvalue weighted by Gasteiger charge is 2.14. The quantitative estimate of drug-likeness (QED) is 0.565. The minimum atomic E-state index is 0.279. The Labute approximate surface area is 157 Å². The maximum absolute atomic E-state index is 5.20. The molecule has 0 fully saturated rings. The maximum atomic E-state index is 5.20. The Balaban J connectivity index is 2.01. The molecule has 140 valence electrons. The fraction of sp³-hybridized carbons (Fsp3) is 0.381. The smallest absolute Gasteiger partial charge is 0.191 e. The molecule has 0 heterocycles. The molecule has 2 N–H and O–H groups in total. The second-order valence-electron chi connectivity index (χ2n) is 6.31. The lowest BCUT2D eigenvalue weighted by Gasteiger charge is -2.26. The van der Waals surface area contributed by atoms with Gasteiger partial charge >= 0.3 is 0 Å². The van der Waals surface area contributed by atoms with Crippen molar-refractivity contribution in [3.63, 3.8) is 0 Å². The van der Waals surface area contributed by atoms with Gasteiger partial charge in [-0.05, 0) is 44.3 Å². The lowest BCUT2D eigenvalue weighted by molar-refractivity contribution is 0.298. The molecule has 26 heavy (non-hydrogen) atoms. The molecule has 5 heteroatoms. The summed E-state index contributed by atoms with van der Waals surface area (Å²) < 4.78 is 5.20. The fourth-order valence-electron chi connectivity index (χ4n) is 2.71. The third kappa shape index (κ3) is 6.08. The molecule has 0 radical (unpaired) electrons. The van der Waals surface area contributed by atoms with Gasteiger partial charge in [0.1, 0.15) is 5.75 Å². The number of nitrogens with one attached hydrogen (secondary N) is 2. The SMILES string of the molecule is CCNC(=NCc1ccc(OC)cc1)NCC(c1ccccc1)N(C)C. The minimum Gasteiger partial charge on any atom is -0.497 e. The average Bonchev–Trinajstić information content (AvgIpc) is 2.67. The first-order valence-electron chi connectivity index (χ1n) is 9.00. The topological polar surface area (TPSA) is 48.9 Å². The maximum Gasteiger partial charge on any atom is 0.191 e. The minimum absolute atomic E-state index is 0.279. The number of rotatable bonds is 8. The Bertz CT molecular complexity index is 668. The summed E-state index contributed by atoms with van der Waals surface area (Å²) in [4.78, 5) is 6.92. The van der Waals surface area contributed by atoms with Crippen LogP contribution in [0, 0.1) is 0 Å². The molecule has 0 aliphatic rings. The van der Waals surface area contributed by atoms with Gasteiger partial charge in [-0.15, -0.1) is 0 Å². The van der Waals surface area contributed by atoms with Crippen LogP contribution in [0.2, 0.25) is 0 Å². The Morgan fingerprint density at radius 1 is 1.04 bits per heavy atom. The summed E-state index contributed by atoms with van der Waals surface area (Å²) in [6.07, 6.45) is 0. The highest BCUT2D eigenvalue weighted by atomic mass is 16.5. The van der Waals surface area contributed by atoms with Crippen molar-refractivity contribution in [3.8, 4) is 5.75 Å². The zero-order chi connectivity index (χ0) is 18.8. The van der Waals surface area contributed by atoms with E-state index in [0.29, 0.717) is 6.54 Å². The first-order chi connectivity index (χ1) is 12.6. The highest BCUT2D eigenvalue weighted by molar-refractivity contribution is 5.79. The number of benzene rings is 2. The Morgan fingerprint density at radius 3 is 2.31 bits per heavy atom. The van der Waals surface area contributed by atoms with Gasteiger partial charge in [0.05, 0.1) is 19.7 Å². The van der Waals surface area contributed by atoms with Gasteiger partial charge in [0.15, 0.2) is 5.96 Å². The molecule has 0 spiro atoms. The number of hydrogen-bond donors (Lipinski definition) is 2. The number of hydrogen-bond acceptors (Lipinski definition) is 3. The number of guanidine groups is 1. The van der Waals surface area contributed by atoms with E-state index in [9.17, 15) is 0 Å². The van der Waals surface area contributed by atoms with Crippen molar-refractivity contribution >= 4 is 5.96 Å². The van der Waals surface area contributed by atoms with Crippen LogP contribution < -0.4 is 15.4 Å². The predicted octanol–water partition coefficient (Wildman–Crippen LogP) is 3.05. The summed E-state index contributed by atoms with van der Waals surface area (Å²) >= 11 is 0. The van der Waals surface area contributed by atoms with E-state index < -0.39 is 0 Å². The van der Waals surface area contributed by atoms with Crippen LogP contribution in [0.25, 0.3) is 0 Å². The van der Waals surface area contributed by atoms with Crippen molar-refractivity contribution in [1.82, 2.24) is 15.5 Å². The van der Waals surface area contributed by atoms with E-state index in [-0.39, 0.29) is 6.04 Å². The number of likely N-dealkylation sites (N-methyl/N-ethyl adjacent to an activating group) is 1. The van der Waals surface area contributed by atoms with Crippen molar-refractivity contribution < 1.29 is 4.74 Å². The summed E-state index contributed by atoms with van der Waals surface area (Å²) in [7, 11) is 5.87. The molecule has 1 unspecified atom stereocenters. The zero-order valence-corrected chi connectivity index (χ0v) is 16.2. The van der Waals surface area contributed by atoms with Crippen LogP contribution in [-0.2, 0) is 6.54 Å². The van der Waals surface area contributed by atoms with Crippen LogP contribution in [-0.4, -0.2) is 45.2 Å². The summed E-state index contributed by atoms with van der Waals surface area (Å²) in [5.74, 6) is 1.69. The highest BCUT2D eigenvalue weighted by Crippen LogP contribution is 2.16. The monoisotopic (exact) mass is 354 g/mol. The molecule has 2 aromatic carbocycles. The van der Waals surface area contributed by atoms with E-state index in [1.165, 1.54) is 5.56 Å². The van der Waals surface area contributed by atoms with Crippen molar-refractivity contribution in [3.05, 3.63) is 65.7 Å². The van der Waals surface area contributed by atoms with Crippen molar-refractivity contribution in [2.75, 3.05) is 34.3 Å². The van der Waals surface area contributed by atoms with Crippen LogP contribution >= 0.6 is 0 Å². The van der Waals surface area contributed by atoms with Crippen LogP contribution in [0.1, 0.15) is 24.1 Å². The molecule has 5 nitrogen and oxygen atoms in total. The van der Waals surface area contributed by atoms with E-state index in [4.69, 9.17) is 9.73 Å². The third-order valence-electron chi connectivity index (χ3n) is 4.19. The number of ether oxygens (including phenoxy) is 1. The number of methoxy groups -OCH3 is 1. The molecule has 0 aliphatic carbocycles. The van der Waals surface area contributed by atoms with Gasteiger partial charge in [-0.2, -0.15) is 0 Å². The van der Waals surface area contributed by atoms with Gasteiger partial charge in [-0.25, -0.2) is 4.99 Å². The van der Waals surface area contributed by atoms with E-state index in [0.717, 1.165) is 30.4 Å². The number of aliphatic imine (C=N–C) groups is 1. The molecule has 0 saturated carbocycles. The van der Waals surface area contributed by atoms with Gasteiger partial charge < -0.3 is 20.3 Å². The summed E-state index contributed by atoms with van der Waals surface area (Å²) in [5, 5.41) is 6.78. The molecule has 0 bridgehead atoms. The van der Waals surface area contributed by atoms with Gasteiger partial charge in [0.2, 0.25) is 0 Å². The largest absolute Gasteiger partial charge is 0.497 e. The molecule has 0 aliphatic heterocycles. The molecule has 2 aromatic rings. The van der Waals surface area contributed by atoms with Crippen LogP contribution in [0.15, 0.2) is 59.6 Å². The van der Waals surface area contributed by atoms with E-state index in [1.54, 1.807) is 7.11 Å². The second kappa shape index (κ2) is 10.5. The van der Waals surface area contributed by atoms with Crippen molar-refractivity contribution in [1.29, 1.82) is 0 Å². The van der Waals surface area contributed by atoms with Gasteiger partial charge in [0, 0.05) is 13.1 Å². The van der Waals surface area contributed by atoms with Gasteiger partial charge in [0.25, 0.3) is 0 Å². The molecular formula is C21H30N4O. The number of nitrogens with zero attached hydrogens (tertiary/aromatic N) is 2. The van der Waals surface area contributed by atoms with Crippen LogP contribution in [0.5, 0.6) is 5.75 Å². The van der Waals surface area contributed by atoms with Gasteiger partial charge in [-0.1, -0.05) is 42.5 Å². The Morgan fingerprint density at radius 2 is 1.73 bits per heavy atom. The lowest BCUT2D eigenvalue weighted by atomic mass is 10.1. The third-order valence-corrected chi connectivity index (χ3v) is 4.19. The molecular weight excluding hydrogens is 324 g/mol. The lowest BCUT2D eigenvalue weighted by Crippen LogP contribution is -2.41. The molecule has 0 saturated heterocycles. The average molecular weight is 354 g/mol. The van der Waals surface area contributed by atoms with E-state index in [1.807, 2.05) is 30.3 Å². The fourth-order valence-corrected chi connectivity index (χ4v) is 2.71.